The van der Waals surface area contributed by atoms with Gasteiger partial charge >= 0.3 is 0 Å². The van der Waals surface area contributed by atoms with Crippen LogP contribution in [0.5, 0.6) is 0 Å². The topological polar surface area (TPSA) is 54.0 Å². The molecular formula is C19H16ClN3O. The molecule has 0 fully saturated rings. The summed E-state index contributed by atoms with van der Waals surface area (Å²) < 4.78 is 0. The molecule has 2 N–H and O–H groups in total. The molecule has 0 aliphatic rings. The quantitative estimate of drug-likeness (QED) is 0.701. The largest absolute Gasteiger partial charge is 0.355 e. The van der Waals surface area contributed by atoms with Crippen molar-refractivity contribution in [1.29, 1.82) is 0 Å². The lowest BCUT2D eigenvalue weighted by Gasteiger charge is -2.11. The zero-order valence-corrected chi connectivity index (χ0v) is 13.8. The maximum Gasteiger partial charge on any atom is 0.274 e. The van der Waals surface area contributed by atoms with E-state index in [1.807, 2.05) is 49.4 Å². The number of halogens is 1. The third-order valence-electron chi connectivity index (χ3n) is 3.54. The first-order valence-electron chi connectivity index (χ1n) is 7.48. The van der Waals surface area contributed by atoms with Crippen molar-refractivity contribution in [2.24, 2.45) is 0 Å². The highest BCUT2D eigenvalue weighted by molar-refractivity contribution is 6.33. The summed E-state index contributed by atoms with van der Waals surface area (Å²) in [6, 6.07) is 18.6. The number of carbonyl (C=O) groups is 1. The summed E-state index contributed by atoms with van der Waals surface area (Å²) in [6.07, 6.45) is 1.60. The van der Waals surface area contributed by atoms with E-state index in [0.29, 0.717) is 16.4 Å². The van der Waals surface area contributed by atoms with Gasteiger partial charge in [0.2, 0.25) is 0 Å². The van der Waals surface area contributed by atoms with E-state index >= 15 is 0 Å². The molecule has 24 heavy (non-hydrogen) atoms. The number of rotatable bonds is 4. The van der Waals surface area contributed by atoms with Gasteiger partial charge < -0.3 is 10.6 Å². The minimum absolute atomic E-state index is 0.309. The third-order valence-corrected chi connectivity index (χ3v) is 3.87. The van der Waals surface area contributed by atoms with Gasteiger partial charge in [-0.2, -0.15) is 0 Å². The number of aromatic nitrogens is 1. The third kappa shape index (κ3) is 3.73. The lowest BCUT2D eigenvalue weighted by Crippen LogP contribution is -2.14. The fourth-order valence-electron chi connectivity index (χ4n) is 2.25. The molecule has 0 aliphatic carbocycles. The van der Waals surface area contributed by atoms with E-state index in [9.17, 15) is 4.79 Å². The second kappa shape index (κ2) is 7.15. The van der Waals surface area contributed by atoms with E-state index in [4.69, 9.17) is 11.6 Å². The summed E-state index contributed by atoms with van der Waals surface area (Å²) in [5, 5.41) is 6.55. The first kappa shape index (κ1) is 16.0. The van der Waals surface area contributed by atoms with Crippen molar-refractivity contribution < 1.29 is 4.79 Å². The van der Waals surface area contributed by atoms with Gasteiger partial charge in [0.1, 0.15) is 5.69 Å². The smallest absolute Gasteiger partial charge is 0.274 e. The van der Waals surface area contributed by atoms with Crippen molar-refractivity contribution in [3.63, 3.8) is 0 Å². The van der Waals surface area contributed by atoms with E-state index in [1.54, 1.807) is 24.4 Å². The number of amides is 1. The Bertz CT molecular complexity index is 880. The van der Waals surface area contributed by atoms with Crippen LogP contribution in [-0.4, -0.2) is 10.9 Å². The minimum Gasteiger partial charge on any atom is -0.355 e. The fraction of sp³-hybridized carbons (Fsp3) is 0.0526. The predicted octanol–water partition coefficient (Wildman–Crippen LogP) is 5.04. The monoisotopic (exact) mass is 337 g/mol. The Balaban J connectivity index is 1.79. The summed E-state index contributed by atoms with van der Waals surface area (Å²) in [6.45, 7) is 2.02. The highest BCUT2D eigenvalue weighted by Crippen LogP contribution is 2.22. The summed E-state index contributed by atoms with van der Waals surface area (Å²) in [5.41, 5.74) is 3.78. The normalized spacial score (nSPS) is 10.2. The maximum absolute atomic E-state index is 12.4. The van der Waals surface area contributed by atoms with Crippen LogP contribution in [0, 0.1) is 6.92 Å². The van der Waals surface area contributed by atoms with Crippen LogP contribution in [0.2, 0.25) is 5.02 Å². The molecule has 1 aromatic heterocycles. The number of nitrogens with one attached hydrogen (secondary N) is 2. The Morgan fingerprint density at radius 1 is 1.00 bits per heavy atom. The van der Waals surface area contributed by atoms with Crippen LogP contribution < -0.4 is 10.6 Å². The van der Waals surface area contributed by atoms with Gasteiger partial charge in [-0.05, 0) is 42.8 Å². The molecule has 1 amide bonds. The minimum atomic E-state index is -0.309. The molecule has 0 saturated heterocycles. The van der Waals surface area contributed by atoms with E-state index < -0.39 is 0 Å². The van der Waals surface area contributed by atoms with Crippen molar-refractivity contribution in [3.05, 3.63) is 83.1 Å². The molecule has 0 radical (unpaired) electrons. The number of carbonyl (C=O) groups excluding carboxylic acids is 1. The fourth-order valence-corrected chi connectivity index (χ4v) is 2.43. The average molecular weight is 338 g/mol. The van der Waals surface area contributed by atoms with Crippen molar-refractivity contribution in [2.45, 2.75) is 6.92 Å². The van der Waals surface area contributed by atoms with Gasteiger partial charge in [-0.15, -0.1) is 0 Å². The van der Waals surface area contributed by atoms with Crippen molar-refractivity contribution in [1.82, 2.24) is 4.98 Å². The molecule has 0 bridgehead atoms. The maximum atomic E-state index is 12.4. The van der Waals surface area contributed by atoms with E-state index in [1.165, 1.54) is 0 Å². The number of hydrogen-bond acceptors (Lipinski definition) is 3. The molecule has 0 unspecified atom stereocenters. The zero-order valence-electron chi connectivity index (χ0n) is 13.1. The molecule has 0 spiro atoms. The molecule has 120 valence electrons. The van der Waals surface area contributed by atoms with Crippen LogP contribution in [0.15, 0.2) is 66.9 Å². The van der Waals surface area contributed by atoms with E-state index in [-0.39, 0.29) is 5.91 Å². The lowest BCUT2D eigenvalue weighted by molar-refractivity contribution is 0.102. The molecule has 0 saturated carbocycles. The second-order valence-electron chi connectivity index (χ2n) is 5.30. The van der Waals surface area contributed by atoms with Gasteiger partial charge in [0.15, 0.2) is 0 Å². The standard InChI is InChI=1S/C19H16ClN3O/c1-13-6-2-4-8-16(13)22-14-10-11-21-18(12-14)19(24)23-17-9-5-3-7-15(17)20/h2-12H,1H3,(H,21,22)(H,23,24). The number of pyridine rings is 1. The average Bonchev–Trinajstić information content (AvgIpc) is 2.59. The molecule has 3 rings (SSSR count). The lowest BCUT2D eigenvalue weighted by atomic mass is 10.2. The van der Waals surface area contributed by atoms with Crippen LogP contribution in [0.1, 0.15) is 16.1 Å². The van der Waals surface area contributed by atoms with Gasteiger partial charge in [-0.3, -0.25) is 9.78 Å². The Morgan fingerprint density at radius 3 is 2.46 bits per heavy atom. The molecule has 3 aromatic rings. The number of nitrogens with zero attached hydrogens (tertiary/aromatic N) is 1. The number of anilines is 3. The summed E-state index contributed by atoms with van der Waals surface area (Å²) in [4.78, 5) is 16.5. The number of aryl methyl sites for hydroxylation is 1. The summed E-state index contributed by atoms with van der Waals surface area (Å²) in [7, 11) is 0. The van der Waals surface area contributed by atoms with Crippen LogP contribution in [0.3, 0.4) is 0 Å². The van der Waals surface area contributed by atoms with Gasteiger partial charge in [0.25, 0.3) is 5.91 Å². The van der Waals surface area contributed by atoms with Gasteiger partial charge in [-0.1, -0.05) is 41.9 Å². The van der Waals surface area contributed by atoms with Gasteiger partial charge in [0.05, 0.1) is 10.7 Å². The van der Waals surface area contributed by atoms with Gasteiger partial charge in [-0.25, -0.2) is 0 Å². The zero-order chi connectivity index (χ0) is 16.9. The van der Waals surface area contributed by atoms with Crippen LogP contribution >= 0.6 is 11.6 Å². The van der Waals surface area contributed by atoms with Crippen LogP contribution in [-0.2, 0) is 0 Å². The van der Waals surface area contributed by atoms with Gasteiger partial charge in [0, 0.05) is 17.6 Å². The van der Waals surface area contributed by atoms with Crippen molar-refractivity contribution in [3.8, 4) is 0 Å². The van der Waals surface area contributed by atoms with Crippen LogP contribution in [0.25, 0.3) is 0 Å². The molecule has 5 heteroatoms. The first-order valence-corrected chi connectivity index (χ1v) is 7.86. The molecule has 4 nitrogen and oxygen atoms in total. The van der Waals surface area contributed by atoms with Crippen LogP contribution in [0.4, 0.5) is 17.1 Å². The molecular weight excluding hydrogens is 322 g/mol. The number of benzene rings is 2. The molecule has 2 aromatic carbocycles. The summed E-state index contributed by atoms with van der Waals surface area (Å²) in [5.74, 6) is -0.309. The number of hydrogen-bond donors (Lipinski definition) is 2. The Morgan fingerprint density at radius 2 is 1.71 bits per heavy atom. The Hall–Kier alpha value is -2.85. The van der Waals surface area contributed by atoms with Crippen molar-refractivity contribution in [2.75, 3.05) is 10.6 Å². The SMILES string of the molecule is Cc1ccccc1Nc1ccnc(C(=O)Nc2ccccc2Cl)c1. The molecule has 0 atom stereocenters. The highest BCUT2D eigenvalue weighted by Gasteiger charge is 2.10. The predicted molar refractivity (Wildman–Crippen MR) is 98.1 cm³/mol. The molecule has 0 aliphatic heterocycles. The Labute approximate surface area is 145 Å². The summed E-state index contributed by atoms with van der Waals surface area (Å²) >= 11 is 6.06. The first-order chi connectivity index (χ1) is 11.6. The second-order valence-corrected chi connectivity index (χ2v) is 5.71. The van der Waals surface area contributed by atoms with E-state index in [0.717, 1.165) is 16.9 Å². The van der Waals surface area contributed by atoms with E-state index in [2.05, 4.69) is 15.6 Å². The Kier molecular flexibility index (Phi) is 4.77. The highest BCUT2D eigenvalue weighted by atomic mass is 35.5. The van der Waals surface area contributed by atoms with Crippen molar-refractivity contribution >= 4 is 34.6 Å². The molecule has 1 heterocycles. The number of para-hydroxylation sites is 2.